The fourth-order valence-corrected chi connectivity index (χ4v) is 2.52. The lowest BCUT2D eigenvalue weighted by molar-refractivity contribution is 0.340. The summed E-state index contributed by atoms with van der Waals surface area (Å²) in [4.78, 5) is 0. The molecule has 3 rings (SSSR count). The van der Waals surface area contributed by atoms with E-state index in [4.69, 9.17) is 28.6 Å². The average Bonchev–Trinajstić information content (AvgIpc) is 2.96. The van der Waals surface area contributed by atoms with Gasteiger partial charge in [0, 0.05) is 16.1 Å². The van der Waals surface area contributed by atoms with Crippen molar-refractivity contribution in [2.45, 2.75) is 6.92 Å². The Morgan fingerprint density at radius 1 is 1.25 bits per heavy atom. The molecule has 1 heterocycles. The molecule has 0 radical (unpaired) electrons. The summed E-state index contributed by atoms with van der Waals surface area (Å²) in [5.41, 5.74) is 1.68. The highest BCUT2D eigenvalue weighted by molar-refractivity contribution is 7.71. The lowest BCUT2D eigenvalue weighted by Crippen LogP contribution is -1.96. The SMILES string of the molecule is CCOc1ccc(-c2n[nH]c(=S)n2/N=C\c2ccccc2Cl)cc1. The van der Waals surface area contributed by atoms with Gasteiger partial charge in [-0.25, -0.2) is 5.10 Å². The molecule has 1 N–H and O–H groups in total. The zero-order chi connectivity index (χ0) is 16.9. The number of nitrogens with zero attached hydrogens (tertiary/aromatic N) is 3. The maximum atomic E-state index is 6.14. The van der Waals surface area contributed by atoms with Gasteiger partial charge in [-0.2, -0.15) is 14.9 Å². The van der Waals surface area contributed by atoms with Crippen molar-refractivity contribution in [3.05, 3.63) is 63.9 Å². The second-order valence-corrected chi connectivity index (χ2v) is 5.68. The van der Waals surface area contributed by atoms with E-state index in [1.54, 1.807) is 10.9 Å². The minimum atomic E-state index is 0.405. The van der Waals surface area contributed by atoms with Crippen molar-refractivity contribution in [1.82, 2.24) is 14.9 Å². The molecular weight excluding hydrogens is 344 g/mol. The number of benzene rings is 2. The number of aromatic amines is 1. The molecule has 0 unspecified atom stereocenters. The average molecular weight is 359 g/mol. The zero-order valence-corrected chi connectivity index (χ0v) is 14.5. The van der Waals surface area contributed by atoms with E-state index < -0.39 is 0 Å². The van der Waals surface area contributed by atoms with Crippen LogP contribution in [-0.2, 0) is 0 Å². The first kappa shape index (κ1) is 16.4. The highest BCUT2D eigenvalue weighted by Crippen LogP contribution is 2.21. The van der Waals surface area contributed by atoms with Crippen LogP contribution in [0.5, 0.6) is 5.75 Å². The quantitative estimate of drug-likeness (QED) is 0.538. The summed E-state index contributed by atoms with van der Waals surface area (Å²) >= 11 is 11.4. The Labute approximate surface area is 149 Å². The van der Waals surface area contributed by atoms with Crippen molar-refractivity contribution in [3.8, 4) is 17.1 Å². The molecule has 0 amide bonds. The molecular formula is C17H15ClN4OS. The Morgan fingerprint density at radius 3 is 2.71 bits per heavy atom. The molecule has 0 aliphatic heterocycles. The summed E-state index contributed by atoms with van der Waals surface area (Å²) in [7, 11) is 0. The number of hydrogen-bond donors (Lipinski definition) is 1. The normalized spacial score (nSPS) is 11.1. The van der Waals surface area contributed by atoms with Gasteiger partial charge in [0.05, 0.1) is 12.8 Å². The first-order valence-corrected chi connectivity index (χ1v) is 8.17. The number of aromatic nitrogens is 3. The predicted octanol–water partition coefficient (Wildman–Crippen LogP) is 4.54. The molecule has 24 heavy (non-hydrogen) atoms. The summed E-state index contributed by atoms with van der Waals surface area (Å²) < 4.78 is 7.42. The maximum absolute atomic E-state index is 6.14. The van der Waals surface area contributed by atoms with Crippen molar-refractivity contribution in [3.63, 3.8) is 0 Å². The Hall–Kier alpha value is -2.44. The predicted molar refractivity (Wildman–Crippen MR) is 98.5 cm³/mol. The molecule has 0 aliphatic rings. The summed E-state index contributed by atoms with van der Waals surface area (Å²) in [5.74, 6) is 1.42. The minimum absolute atomic E-state index is 0.405. The zero-order valence-electron chi connectivity index (χ0n) is 12.9. The van der Waals surface area contributed by atoms with Crippen LogP contribution in [0.1, 0.15) is 12.5 Å². The second-order valence-electron chi connectivity index (χ2n) is 4.89. The molecule has 122 valence electrons. The fourth-order valence-electron chi connectivity index (χ4n) is 2.15. The van der Waals surface area contributed by atoms with E-state index in [2.05, 4.69) is 15.3 Å². The lowest BCUT2D eigenvalue weighted by atomic mass is 10.2. The highest BCUT2D eigenvalue weighted by Gasteiger charge is 2.08. The molecule has 3 aromatic rings. The molecule has 0 aliphatic carbocycles. The third kappa shape index (κ3) is 3.55. The van der Waals surface area contributed by atoms with Crippen molar-refractivity contribution in [2.75, 3.05) is 6.61 Å². The summed E-state index contributed by atoms with van der Waals surface area (Å²) in [5, 5.41) is 12.1. The van der Waals surface area contributed by atoms with Crippen molar-refractivity contribution < 1.29 is 4.74 Å². The van der Waals surface area contributed by atoms with Crippen LogP contribution >= 0.6 is 23.8 Å². The van der Waals surface area contributed by atoms with Gasteiger partial charge in [0.25, 0.3) is 0 Å². The van der Waals surface area contributed by atoms with E-state index in [1.807, 2.05) is 55.5 Å². The van der Waals surface area contributed by atoms with Crippen LogP contribution in [0.25, 0.3) is 11.4 Å². The molecule has 0 saturated carbocycles. The maximum Gasteiger partial charge on any atom is 0.216 e. The first-order valence-electron chi connectivity index (χ1n) is 7.38. The third-order valence-electron chi connectivity index (χ3n) is 3.29. The van der Waals surface area contributed by atoms with Gasteiger partial charge in [0.15, 0.2) is 5.82 Å². The molecule has 0 spiro atoms. The molecule has 1 aromatic heterocycles. The van der Waals surface area contributed by atoms with Crippen LogP contribution in [-0.4, -0.2) is 27.7 Å². The topological polar surface area (TPSA) is 55.2 Å². The molecule has 2 aromatic carbocycles. The van der Waals surface area contributed by atoms with Gasteiger partial charge in [-0.05, 0) is 49.5 Å². The summed E-state index contributed by atoms with van der Waals surface area (Å²) in [6.45, 7) is 2.57. The first-order chi connectivity index (χ1) is 11.7. The Morgan fingerprint density at radius 2 is 2.00 bits per heavy atom. The second kappa shape index (κ2) is 7.42. The molecule has 7 heteroatoms. The van der Waals surface area contributed by atoms with E-state index in [0.29, 0.717) is 22.2 Å². The molecule has 5 nitrogen and oxygen atoms in total. The van der Waals surface area contributed by atoms with E-state index >= 15 is 0 Å². The molecule has 0 bridgehead atoms. The van der Waals surface area contributed by atoms with E-state index in [1.165, 1.54) is 0 Å². The van der Waals surface area contributed by atoms with Gasteiger partial charge in [-0.3, -0.25) is 0 Å². The smallest absolute Gasteiger partial charge is 0.216 e. The van der Waals surface area contributed by atoms with Gasteiger partial charge in [-0.15, -0.1) is 0 Å². The Balaban J connectivity index is 1.94. The van der Waals surface area contributed by atoms with Crippen LogP contribution in [0.3, 0.4) is 0 Å². The van der Waals surface area contributed by atoms with Crippen LogP contribution in [0, 0.1) is 4.77 Å². The van der Waals surface area contributed by atoms with E-state index in [9.17, 15) is 0 Å². The van der Waals surface area contributed by atoms with Crippen LogP contribution in [0.2, 0.25) is 5.02 Å². The third-order valence-corrected chi connectivity index (χ3v) is 3.90. The monoisotopic (exact) mass is 358 g/mol. The summed E-state index contributed by atoms with van der Waals surface area (Å²) in [6.07, 6.45) is 1.66. The van der Waals surface area contributed by atoms with Gasteiger partial charge in [0.1, 0.15) is 5.75 Å². The minimum Gasteiger partial charge on any atom is -0.494 e. The standard InChI is InChI=1S/C17H15ClN4OS/c1-2-23-14-9-7-12(8-10-14)16-20-21-17(24)22(16)19-11-13-5-3-4-6-15(13)18/h3-11H,2H2,1H3,(H,21,24)/b19-11-. The van der Waals surface area contributed by atoms with Crippen molar-refractivity contribution >= 4 is 30.0 Å². The number of ether oxygens (including phenoxy) is 1. The fraction of sp³-hybridized carbons (Fsp3) is 0.118. The van der Waals surface area contributed by atoms with E-state index in [0.717, 1.165) is 16.9 Å². The number of halogens is 1. The highest BCUT2D eigenvalue weighted by atomic mass is 35.5. The van der Waals surface area contributed by atoms with Crippen LogP contribution < -0.4 is 4.74 Å². The molecule has 0 saturated heterocycles. The van der Waals surface area contributed by atoms with Gasteiger partial charge in [-0.1, -0.05) is 29.8 Å². The van der Waals surface area contributed by atoms with Gasteiger partial charge in [0.2, 0.25) is 4.77 Å². The number of hydrogen-bond acceptors (Lipinski definition) is 4. The van der Waals surface area contributed by atoms with Crippen molar-refractivity contribution in [2.24, 2.45) is 5.10 Å². The van der Waals surface area contributed by atoms with E-state index in [-0.39, 0.29) is 0 Å². The summed E-state index contributed by atoms with van der Waals surface area (Å²) in [6, 6.07) is 15.1. The Kier molecular flexibility index (Phi) is 5.08. The number of nitrogens with one attached hydrogen (secondary N) is 1. The van der Waals surface area contributed by atoms with Gasteiger partial charge < -0.3 is 4.74 Å². The van der Waals surface area contributed by atoms with Crippen LogP contribution in [0.4, 0.5) is 0 Å². The molecule has 0 fully saturated rings. The Bertz CT molecular complexity index is 915. The number of rotatable bonds is 5. The van der Waals surface area contributed by atoms with Crippen molar-refractivity contribution in [1.29, 1.82) is 0 Å². The van der Waals surface area contributed by atoms with Gasteiger partial charge >= 0.3 is 0 Å². The lowest BCUT2D eigenvalue weighted by Gasteiger charge is -2.04. The number of H-pyrrole nitrogens is 1. The largest absolute Gasteiger partial charge is 0.494 e. The van der Waals surface area contributed by atoms with Crippen LogP contribution in [0.15, 0.2) is 53.6 Å². The molecule has 0 atom stereocenters.